The number of nitrogens with two attached hydrogens (primary N) is 2. The van der Waals surface area contributed by atoms with Gasteiger partial charge in [0, 0.05) is 10.2 Å². The summed E-state index contributed by atoms with van der Waals surface area (Å²) in [6.07, 6.45) is 2.05. The molecule has 0 fully saturated rings. The molecule has 0 heterocycles. The fourth-order valence-corrected chi connectivity index (χ4v) is 0.795. The first-order valence-corrected chi connectivity index (χ1v) is 4.11. The van der Waals surface area contributed by atoms with E-state index in [9.17, 15) is 0 Å². The molecule has 0 aromatic heterocycles. The fraction of sp³-hybridized carbons (Fsp3) is 1.00. The lowest BCUT2D eigenvalue weighted by Gasteiger charge is -2.20. The molecule has 1 unspecified atom stereocenters. The third-order valence-corrected chi connectivity index (χ3v) is 2.73. The van der Waals surface area contributed by atoms with Gasteiger partial charge in [0.1, 0.15) is 0 Å². The maximum Gasteiger partial charge on any atom is 0.0278 e. The normalized spacial score (nSPS) is 18.4. The molecule has 8 heavy (non-hydrogen) atoms. The van der Waals surface area contributed by atoms with Crippen LogP contribution in [0, 0.1) is 0 Å². The van der Waals surface area contributed by atoms with Crippen molar-refractivity contribution in [2.24, 2.45) is 11.5 Å². The molecule has 0 bridgehead atoms. The third-order valence-electron chi connectivity index (χ3n) is 1.52. The standard InChI is InChI=1S/C5H16N2Si/c1-2-5(7,8)3-4-6/h2-4,6-7H2,1,8H3. The SMILES string of the molecule is CCC(N)([SiH3])CCN. The van der Waals surface area contributed by atoms with E-state index in [-0.39, 0.29) is 5.16 Å². The average molecular weight is 132 g/mol. The molecule has 0 aliphatic carbocycles. The average Bonchev–Trinajstić information content (AvgIpc) is 1.67. The smallest absolute Gasteiger partial charge is 0.0278 e. The first-order valence-electron chi connectivity index (χ1n) is 3.11. The van der Waals surface area contributed by atoms with Crippen LogP contribution in [0.15, 0.2) is 0 Å². The molecule has 0 aromatic carbocycles. The summed E-state index contributed by atoms with van der Waals surface area (Å²) in [5, 5.41) is 0.106. The fourth-order valence-electron chi connectivity index (χ4n) is 0.507. The van der Waals surface area contributed by atoms with E-state index in [2.05, 4.69) is 6.92 Å². The summed E-state index contributed by atoms with van der Waals surface area (Å²) < 4.78 is 0. The molecule has 4 N–H and O–H groups in total. The van der Waals surface area contributed by atoms with Gasteiger partial charge in [-0.2, -0.15) is 0 Å². The molecule has 50 valence electrons. The van der Waals surface area contributed by atoms with E-state index >= 15 is 0 Å². The number of hydrogen-bond acceptors (Lipinski definition) is 2. The first kappa shape index (κ1) is 8.14. The largest absolute Gasteiger partial charge is 0.330 e. The second-order valence-corrected chi connectivity index (χ2v) is 4.54. The molecule has 0 aliphatic heterocycles. The van der Waals surface area contributed by atoms with Gasteiger partial charge in [-0.3, -0.25) is 0 Å². The highest BCUT2D eigenvalue weighted by Crippen LogP contribution is 2.03. The Kier molecular flexibility index (Phi) is 3.27. The van der Waals surface area contributed by atoms with Crippen LogP contribution in [0.1, 0.15) is 19.8 Å². The molecule has 1 atom stereocenters. The minimum absolute atomic E-state index is 0.106. The van der Waals surface area contributed by atoms with Gasteiger partial charge in [-0.15, -0.1) is 0 Å². The molecular weight excluding hydrogens is 116 g/mol. The predicted octanol–water partition coefficient (Wildman–Crippen LogP) is -1.23. The van der Waals surface area contributed by atoms with Gasteiger partial charge in [-0.25, -0.2) is 0 Å². The van der Waals surface area contributed by atoms with E-state index < -0.39 is 0 Å². The molecule has 0 saturated carbocycles. The number of rotatable bonds is 3. The van der Waals surface area contributed by atoms with Gasteiger partial charge >= 0.3 is 0 Å². The zero-order chi connectivity index (χ0) is 6.62. The van der Waals surface area contributed by atoms with Crippen LogP contribution >= 0.6 is 0 Å². The van der Waals surface area contributed by atoms with E-state index in [0.717, 1.165) is 29.6 Å². The molecule has 0 aliphatic rings. The lowest BCUT2D eigenvalue weighted by Crippen LogP contribution is -2.41. The van der Waals surface area contributed by atoms with E-state index in [1.807, 2.05) is 0 Å². The molecule has 0 rings (SSSR count). The minimum Gasteiger partial charge on any atom is -0.330 e. The van der Waals surface area contributed by atoms with Crippen LogP contribution in [0.2, 0.25) is 0 Å². The Morgan fingerprint density at radius 1 is 1.62 bits per heavy atom. The minimum atomic E-state index is 0.106. The van der Waals surface area contributed by atoms with Crippen molar-refractivity contribution in [1.82, 2.24) is 0 Å². The molecule has 3 heteroatoms. The Bertz CT molecular complexity index is 63.4. The summed E-state index contributed by atoms with van der Waals surface area (Å²) >= 11 is 0. The molecular formula is C5H16N2Si. The van der Waals surface area contributed by atoms with Crippen molar-refractivity contribution in [3.8, 4) is 0 Å². The van der Waals surface area contributed by atoms with Gasteiger partial charge in [0.05, 0.1) is 0 Å². The van der Waals surface area contributed by atoms with Crippen molar-refractivity contribution >= 4 is 10.2 Å². The maximum absolute atomic E-state index is 5.81. The molecule has 0 saturated heterocycles. The van der Waals surface area contributed by atoms with Crippen molar-refractivity contribution in [1.29, 1.82) is 0 Å². The van der Waals surface area contributed by atoms with E-state index in [1.165, 1.54) is 0 Å². The Hall–Kier alpha value is 0.137. The zero-order valence-corrected chi connectivity index (χ0v) is 7.78. The lowest BCUT2D eigenvalue weighted by atomic mass is 10.1. The number of hydrogen-bond donors (Lipinski definition) is 2. The summed E-state index contributed by atoms with van der Waals surface area (Å²) in [4.78, 5) is 0. The van der Waals surface area contributed by atoms with Crippen LogP contribution in [0.5, 0.6) is 0 Å². The van der Waals surface area contributed by atoms with Crippen LogP contribution in [-0.2, 0) is 0 Å². The molecule has 0 amide bonds. The summed E-state index contributed by atoms with van der Waals surface area (Å²) in [5.41, 5.74) is 11.1. The van der Waals surface area contributed by atoms with E-state index in [0.29, 0.717) is 0 Å². The Labute approximate surface area is 54.0 Å². The molecule has 2 nitrogen and oxygen atoms in total. The van der Waals surface area contributed by atoms with Gasteiger partial charge in [0.25, 0.3) is 0 Å². The Morgan fingerprint density at radius 3 is 2.25 bits per heavy atom. The van der Waals surface area contributed by atoms with Gasteiger partial charge in [0.15, 0.2) is 0 Å². The lowest BCUT2D eigenvalue weighted by molar-refractivity contribution is 0.538. The summed E-state index contributed by atoms with van der Waals surface area (Å²) in [7, 11) is 1.06. The van der Waals surface area contributed by atoms with Crippen LogP contribution in [0.4, 0.5) is 0 Å². The van der Waals surface area contributed by atoms with E-state index in [1.54, 1.807) is 0 Å². The van der Waals surface area contributed by atoms with Crippen molar-refractivity contribution in [2.75, 3.05) is 6.54 Å². The Morgan fingerprint density at radius 2 is 2.12 bits per heavy atom. The van der Waals surface area contributed by atoms with E-state index in [4.69, 9.17) is 11.5 Å². The van der Waals surface area contributed by atoms with Crippen molar-refractivity contribution in [3.63, 3.8) is 0 Å². The highest BCUT2D eigenvalue weighted by Gasteiger charge is 2.12. The summed E-state index contributed by atoms with van der Waals surface area (Å²) in [6.45, 7) is 2.84. The second-order valence-electron chi connectivity index (χ2n) is 2.55. The van der Waals surface area contributed by atoms with Gasteiger partial charge in [-0.05, 0) is 24.5 Å². The van der Waals surface area contributed by atoms with Crippen LogP contribution in [0.3, 0.4) is 0 Å². The second kappa shape index (κ2) is 3.22. The third kappa shape index (κ3) is 3.18. The summed E-state index contributed by atoms with van der Waals surface area (Å²) in [6, 6.07) is 0. The van der Waals surface area contributed by atoms with Crippen LogP contribution < -0.4 is 11.5 Å². The maximum atomic E-state index is 5.81. The van der Waals surface area contributed by atoms with Crippen molar-refractivity contribution in [2.45, 2.75) is 24.9 Å². The quantitative estimate of drug-likeness (QED) is 0.472. The molecule has 0 aromatic rings. The first-order chi connectivity index (χ1) is 3.62. The predicted molar refractivity (Wildman–Crippen MR) is 40.8 cm³/mol. The summed E-state index contributed by atoms with van der Waals surface area (Å²) in [5.74, 6) is 0. The highest BCUT2D eigenvalue weighted by molar-refractivity contribution is 6.15. The van der Waals surface area contributed by atoms with Crippen LogP contribution in [-0.4, -0.2) is 21.9 Å². The topological polar surface area (TPSA) is 52.0 Å². The molecule has 0 spiro atoms. The van der Waals surface area contributed by atoms with Gasteiger partial charge in [-0.1, -0.05) is 6.92 Å². The Balaban J connectivity index is 3.37. The molecule has 0 radical (unpaired) electrons. The van der Waals surface area contributed by atoms with Crippen molar-refractivity contribution in [3.05, 3.63) is 0 Å². The van der Waals surface area contributed by atoms with Gasteiger partial charge in [0.2, 0.25) is 0 Å². The van der Waals surface area contributed by atoms with Gasteiger partial charge < -0.3 is 11.5 Å². The zero-order valence-electron chi connectivity index (χ0n) is 5.78. The van der Waals surface area contributed by atoms with Crippen LogP contribution in [0.25, 0.3) is 0 Å². The monoisotopic (exact) mass is 132 g/mol. The highest BCUT2D eigenvalue weighted by atomic mass is 28.1. The van der Waals surface area contributed by atoms with Crippen molar-refractivity contribution < 1.29 is 0 Å².